The van der Waals surface area contributed by atoms with E-state index >= 15 is 0 Å². The lowest BCUT2D eigenvalue weighted by Gasteiger charge is -2.29. The predicted molar refractivity (Wildman–Crippen MR) is 83.8 cm³/mol. The zero-order valence-electron chi connectivity index (χ0n) is 11.8. The minimum absolute atomic E-state index is 0.0967. The number of aromatic nitrogens is 1. The molecule has 0 fully saturated rings. The van der Waals surface area contributed by atoms with Gasteiger partial charge >= 0.3 is 0 Å². The Morgan fingerprint density at radius 1 is 0.955 bits per heavy atom. The van der Waals surface area contributed by atoms with Gasteiger partial charge in [-0.3, -0.25) is 0 Å². The van der Waals surface area contributed by atoms with Crippen molar-refractivity contribution in [3.05, 3.63) is 72.1 Å². The SMILES string of the molecule is c1ccc2c(c1)NC(c1ccc3c(c1)OCO3)c1cccn1-2. The highest BCUT2D eigenvalue weighted by Gasteiger charge is 2.26. The maximum atomic E-state index is 5.51. The van der Waals surface area contributed by atoms with Crippen LogP contribution in [0.4, 0.5) is 5.69 Å². The third-order valence-electron chi connectivity index (χ3n) is 4.27. The summed E-state index contributed by atoms with van der Waals surface area (Å²) in [7, 11) is 0. The zero-order chi connectivity index (χ0) is 14.5. The Hall–Kier alpha value is -2.88. The fourth-order valence-electron chi connectivity index (χ4n) is 3.23. The largest absolute Gasteiger partial charge is 0.454 e. The lowest BCUT2D eigenvalue weighted by atomic mass is 10.00. The Morgan fingerprint density at radius 3 is 2.86 bits per heavy atom. The van der Waals surface area contributed by atoms with Crippen LogP contribution in [-0.2, 0) is 0 Å². The third kappa shape index (κ3) is 1.58. The van der Waals surface area contributed by atoms with E-state index in [4.69, 9.17) is 9.47 Å². The number of anilines is 1. The maximum absolute atomic E-state index is 5.51. The van der Waals surface area contributed by atoms with Crippen LogP contribution in [0.2, 0.25) is 0 Å². The van der Waals surface area contributed by atoms with Gasteiger partial charge in [-0.25, -0.2) is 0 Å². The Labute approximate surface area is 127 Å². The molecule has 5 rings (SSSR count). The quantitative estimate of drug-likeness (QED) is 0.742. The van der Waals surface area contributed by atoms with Gasteiger partial charge in [0.1, 0.15) is 0 Å². The van der Waals surface area contributed by atoms with Crippen LogP contribution in [0.1, 0.15) is 17.3 Å². The summed E-state index contributed by atoms with van der Waals surface area (Å²) in [5, 5.41) is 3.63. The molecule has 0 bridgehead atoms. The first kappa shape index (κ1) is 11.7. The first-order valence-electron chi connectivity index (χ1n) is 7.33. The second-order valence-corrected chi connectivity index (χ2v) is 5.51. The number of hydrogen-bond donors (Lipinski definition) is 1. The molecule has 1 aromatic heterocycles. The molecule has 3 heterocycles. The first-order valence-corrected chi connectivity index (χ1v) is 7.33. The van der Waals surface area contributed by atoms with Crippen LogP contribution < -0.4 is 14.8 Å². The van der Waals surface area contributed by atoms with E-state index in [-0.39, 0.29) is 6.04 Å². The van der Waals surface area contributed by atoms with E-state index in [1.54, 1.807) is 0 Å². The monoisotopic (exact) mass is 290 g/mol. The molecular formula is C18H14N2O2. The number of para-hydroxylation sites is 2. The molecule has 1 unspecified atom stereocenters. The summed E-state index contributed by atoms with van der Waals surface area (Å²) < 4.78 is 13.2. The third-order valence-corrected chi connectivity index (χ3v) is 4.27. The summed E-state index contributed by atoms with van der Waals surface area (Å²) in [4.78, 5) is 0. The lowest BCUT2D eigenvalue weighted by molar-refractivity contribution is 0.174. The average Bonchev–Trinajstić information content (AvgIpc) is 3.22. The van der Waals surface area contributed by atoms with Crippen molar-refractivity contribution in [1.29, 1.82) is 0 Å². The highest BCUT2D eigenvalue weighted by Crippen LogP contribution is 2.40. The Morgan fingerprint density at radius 2 is 1.86 bits per heavy atom. The topological polar surface area (TPSA) is 35.4 Å². The van der Waals surface area contributed by atoms with Crippen LogP contribution >= 0.6 is 0 Å². The predicted octanol–water partition coefficient (Wildman–Crippen LogP) is 3.72. The van der Waals surface area contributed by atoms with Crippen molar-refractivity contribution in [2.45, 2.75) is 6.04 Å². The molecule has 0 radical (unpaired) electrons. The Kier molecular flexibility index (Phi) is 2.30. The van der Waals surface area contributed by atoms with Crippen LogP contribution in [0, 0.1) is 0 Å². The van der Waals surface area contributed by atoms with Gasteiger partial charge in [0.2, 0.25) is 6.79 Å². The van der Waals surface area contributed by atoms with Gasteiger partial charge in [-0.2, -0.15) is 0 Å². The molecule has 0 spiro atoms. The molecule has 4 nitrogen and oxygen atoms in total. The highest BCUT2D eigenvalue weighted by atomic mass is 16.7. The number of nitrogens with zero attached hydrogens (tertiary/aromatic N) is 1. The molecule has 0 aliphatic carbocycles. The average molecular weight is 290 g/mol. The fraction of sp³-hybridized carbons (Fsp3) is 0.111. The molecule has 2 aliphatic rings. The van der Waals surface area contributed by atoms with Crippen molar-refractivity contribution in [2.24, 2.45) is 0 Å². The van der Waals surface area contributed by atoms with Gasteiger partial charge in [-0.15, -0.1) is 0 Å². The normalized spacial score (nSPS) is 17.5. The number of hydrogen-bond acceptors (Lipinski definition) is 3. The smallest absolute Gasteiger partial charge is 0.231 e. The summed E-state index contributed by atoms with van der Waals surface area (Å²) >= 11 is 0. The number of rotatable bonds is 1. The second kappa shape index (κ2) is 4.31. The van der Waals surface area contributed by atoms with Crippen LogP contribution in [0.25, 0.3) is 5.69 Å². The van der Waals surface area contributed by atoms with E-state index < -0.39 is 0 Å². The fourth-order valence-corrected chi connectivity index (χ4v) is 3.23. The molecule has 0 amide bonds. The van der Waals surface area contributed by atoms with E-state index in [0.717, 1.165) is 17.2 Å². The number of nitrogens with one attached hydrogen (secondary N) is 1. The van der Waals surface area contributed by atoms with Crippen molar-refractivity contribution in [3.8, 4) is 17.2 Å². The van der Waals surface area contributed by atoms with Crippen LogP contribution in [0.3, 0.4) is 0 Å². The molecule has 1 atom stereocenters. The van der Waals surface area contributed by atoms with Gasteiger partial charge in [-0.1, -0.05) is 18.2 Å². The van der Waals surface area contributed by atoms with E-state index in [2.05, 4.69) is 64.6 Å². The number of benzene rings is 2. The Balaban J connectivity index is 1.65. The van der Waals surface area contributed by atoms with E-state index in [1.165, 1.54) is 16.9 Å². The zero-order valence-corrected chi connectivity index (χ0v) is 11.8. The van der Waals surface area contributed by atoms with Crippen molar-refractivity contribution in [2.75, 3.05) is 12.1 Å². The summed E-state index contributed by atoms with van der Waals surface area (Å²) in [6.07, 6.45) is 2.11. The van der Waals surface area contributed by atoms with E-state index in [0.29, 0.717) is 6.79 Å². The van der Waals surface area contributed by atoms with Gasteiger partial charge in [0.05, 0.1) is 17.4 Å². The Bertz CT molecular complexity index is 869. The van der Waals surface area contributed by atoms with Crippen molar-refractivity contribution in [3.63, 3.8) is 0 Å². The van der Waals surface area contributed by atoms with Gasteiger partial charge in [0, 0.05) is 11.9 Å². The summed E-state index contributed by atoms with van der Waals surface area (Å²) in [5.74, 6) is 1.63. The lowest BCUT2D eigenvalue weighted by Crippen LogP contribution is -2.21. The molecule has 22 heavy (non-hydrogen) atoms. The van der Waals surface area contributed by atoms with Crippen LogP contribution in [0.5, 0.6) is 11.5 Å². The van der Waals surface area contributed by atoms with E-state index in [1.807, 2.05) is 6.07 Å². The molecule has 3 aromatic rings. The van der Waals surface area contributed by atoms with Crippen LogP contribution in [-0.4, -0.2) is 11.4 Å². The summed E-state index contributed by atoms with van der Waals surface area (Å²) in [5.41, 5.74) is 4.70. The van der Waals surface area contributed by atoms with Crippen LogP contribution in [0.15, 0.2) is 60.8 Å². The van der Waals surface area contributed by atoms with Gasteiger partial charge in [0.15, 0.2) is 11.5 Å². The summed E-state index contributed by atoms with van der Waals surface area (Å²) in [6.45, 7) is 0.302. The standard InChI is InChI=1S/C18H14N2O2/c1-2-5-14-13(4-1)19-18(15-6-3-9-20(14)15)12-7-8-16-17(10-12)22-11-21-16/h1-10,18-19H,11H2. The molecular weight excluding hydrogens is 276 g/mol. The van der Waals surface area contributed by atoms with Crippen molar-refractivity contribution < 1.29 is 9.47 Å². The number of fused-ring (bicyclic) bond motifs is 4. The van der Waals surface area contributed by atoms with Gasteiger partial charge < -0.3 is 19.4 Å². The van der Waals surface area contributed by atoms with E-state index in [9.17, 15) is 0 Å². The minimum atomic E-state index is 0.0967. The minimum Gasteiger partial charge on any atom is -0.454 e. The molecule has 4 heteroatoms. The molecule has 108 valence electrons. The molecule has 0 saturated heterocycles. The molecule has 2 aliphatic heterocycles. The first-order chi connectivity index (χ1) is 10.9. The summed E-state index contributed by atoms with van der Waals surface area (Å²) in [6, 6.07) is 18.8. The van der Waals surface area contributed by atoms with Crippen molar-refractivity contribution in [1.82, 2.24) is 4.57 Å². The molecule has 0 saturated carbocycles. The maximum Gasteiger partial charge on any atom is 0.231 e. The highest BCUT2D eigenvalue weighted by molar-refractivity contribution is 5.67. The van der Waals surface area contributed by atoms with Gasteiger partial charge in [-0.05, 0) is 42.0 Å². The number of ether oxygens (including phenoxy) is 2. The van der Waals surface area contributed by atoms with Gasteiger partial charge in [0.25, 0.3) is 0 Å². The van der Waals surface area contributed by atoms with Crippen molar-refractivity contribution >= 4 is 5.69 Å². The molecule has 1 N–H and O–H groups in total. The second-order valence-electron chi connectivity index (χ2n) is 5.51. The molecule has 2 aromatic carbocycles.